The van der Waals surface area contributed by atoms with Crippen LogP contribution in [0.25, 0.3) is 11.2 Å². The first-order valence-corrected chi connectivity index (χ1v) is 6.46. The van der Waals surface area contributed by atoms with Crippen LogP contribution >= 0.6 is 11.6 Å². The van der Waals surface area contributed by atoms with Crippen LogP contribution in [0.1, 0.15) is 12.5 Å². The first-order valence-electron chi connectivity index (χ1n) is 6.08. The van der Waals surface area contributed by atoms with Gasteiger partial charge < -0.3 is 15.0 Å². The van der Waals surface area contributed by atoms with Gasteiger partial charge in [0.1, 0.15) is 5.52 Å². The molecule has 2 N–H and O–H groups in total. The lowest BCUT2D eigenvalue weighted by atomic mass is 10.1. The van der Waals surface area contributed by atoms with Crippen molar-refractivity contribution in [3.05, 3.63) is 23.6 Å². The fourth-order valence-electron chi connectivity index (χ4n) is 2.39. The fourth-order valence-corrected chi connectivity index (χ4v) is 2.61. The minimum atomic E-state index is 0.0885. The smallest absolute Gasteiger partial charge is 0.293 e. The number of carbonyl (C=O) groups excluding carboxylic acids is 1. The standard InChI is InChI=1S/C12H12ClN5O2/c13-10-9-11(17-12(14)16-10)18(5-15-9)8-2-1-7(3-8)4-20-6-19/h1-2,5-8H,3-4H2,(H2,14,16,17)/t7-,8+/m1/s1. The van der Waals surface area contributed by atoms with Crippen LogP contribution in [0.2, 0.25) is 5.15 Å². The molecular weight excluding hydrogens is 282 g/mol. The largest absolute Gasteiger partial charge is 0.467 e. The van der Waals surface area contributed by atoms with E-state index in [1.165, 1.54) is 0 Å². The molecule has 0 saturated heterocycles. The number of rotatable bonds is 4. The molecule has 3 rings (SSSR count). The van der Waals surface area contributed by atoms with Gasteiger partial charge in [-0.25, -0.2) is 4.98 Å². The molecule has 2 aromatic rings. The third-order valence-corrected chi connectivity index (χ3v) is 3.55. The summed E-state index contributed by atoms with van der Waals surface area (Å²) in [6, 6.07) is 0.0885. The van der Waals surface area contributed by atoms with Gasteiger partial charge >= 0.3 is 0 Å². The van der Waals surface area contributed by atoms with Crippen molar-refractivity contribution in [2.45, 2.75) is 12.5 Å². The number of imidazole rings is 1. The van der Waals surface area contributed by atoms with Crippen LogP contribution in [0.3, 0.4) is 0 Å². The zero-order chi connectivity index (χ0) is 14.1. The topological polar surface area (TPSA) is 95.9 Å². The average Bonchev–Trinajstić information content (AvgIpc) is 3.02. The number of allylic oxidation sites excluding steroid dienone is 1. The van der Waals surface area contributed by atoms with Gasteiger partial charge in [-0.3, -0.25) is 4.79 Å². The Hall–Kier alpha value is -2.15. The molecule has 0 fully saturated rings. The number of nitrogen functional groups attached to an aromatic ring is 1. The molecule has 2 aromatic heterocycles. The molecule has 1 aliphatic rings. The lowest BCUT2D eigenvalue weighted by molar-refractivity contribution is -0.129. The fraction of sp³-hybridized carbons (Fsp3) is 0.333. The summed E-state index contributed by atoms with van der Waals surface area (Å²) >= 11 is 6.00. The van der Waals surface area contributed by atoms with E-state index < -0.39 is 0 Å². The van der Waals surface area contributed by atoms with Crippen molar-refractivity contribution < 1.29 is 9.53 Å². The Balaban J connectivity index is 1.89. The van der Waals surface area contributed by atoms with Crippen LogP contribution in [-0.2, 0) is 9.53 Å². The van der Waals surface area contributed by atoms with Gasteiger partial charge in [-0.2, -0.15) is 9.97 Å². The third kappa shape index (κ3) is 2.20. The van der Waals surface area contributed by atoms with Gasteiger partial charge in [0, 0.05) is 5.92 Å². The summed E-state index contributed by atoms with van der Waals surface area (Å²) < 4.78 is 6.68. The van der Waals surface area contributed by atoms with Gasteiger partial charge in [0.25, 0.3) is 6.47 Å². The molecule has 0 aliphatic heterocycles. The Morgan fingerprint density at radius 2 is 2.35 bits per heavy atom. The Kier molecular flexibility index (Phi) is 3.27. The predicted octanol–water partition coefficient (Wildman–Crippen LogP) is 1.35. The van der Waals surface area contributed by atoms with Crippen molar-refractivity contribution in [2.24, 2.45) is 5.92 Å². The zero-order valence-electron chi connectivity index (χ0n) is 10.4. The molecule has 0 radical (unpaired) electrons. The van der Waals surface area contributed by atoms with Crippen LogP contribution in [0, 0.1) is 5.92 Å². The molecule has 2 heterocycles. The Bertz CT molecular complexity index is 684. The van der Waals surface area contributed by atoms with E-state index in [9.17, 15) is 4.79 Å². The van der Waals surface area contributed by atoms with E-state index in [1.807, 2.05) is 16.7 Å². The molecule has 0 saturated carbocycles. The number of fused-ring (bicyclic) bond motifs is 1. The molecule has 8 heteroatoms. The summed E-state index contributed by atoms with van der Waals surface area (Å²) in [7, 11) is 0. The second kappa shape index (κ2) is 5.09. The maximum Gasteiger partial charge on any atom is 0.293 e. The van der Waals surface area contributed by atoms with Crippen molar-refractivity contribution >= 4 is 35.2 Å². The Morgan fingerprint density at radius 3 is 3.15 bits per heavy atom. The highest BCUT2D eigenvalue weighted by atomic mass is 35.5. The molecule has 0 amide bonds. The number of anilines is 1. The van der Waals surface area contributed by atoms with E-state index in [-0.39, 0.29) is 23.1 Å². The molecule has 0 bridgehead atoms. The first-order chi connectivity index (χ1) is 9.69. The summed E-state index contributed by atoms with van der Waals surface area (Å²) in [4.78, 5) is 22.5. The van der Waals surface area contributed by atoms with Crippen molar-refractivity contribution in [2.75, 3.05) is 12.3 Å². The van der Waals surface area contributed by atoms with Crippen LogP contribution in [0.4, 0.5) is 5.95 Å². The van der Waals surface area contributed by atoms with Gasteiger partial charge in [0.05, 0.1) is 19.0 Å². The van der Waals surface area contributed by atoms with E-state index >= 15 is 0 Å². The maximum absolute atomic E-state index is 10.2. The van der Waals surface area contributed by atoms with Crippen molar-refractivity contribution in [3.8, 4) is 0 Å². The predicted molar refractivity (Wildman–Crippen MR) is 73.0 cm³/mol. The highest BCUT2D eigenvalue weighted by molar-refractivity contribution is 6.33. The van der Waals surface area contributed by atoms with Gasteiger partial charge in [0.15, 0.2) is 10.8 Å². The number of nitrogens with two attached hydrogens (primary N) is 1. The van der Waals surface area contributed by atoms with E-state index in [4.69, 9.17) is 22.1 Å². The van der Waals surface area contributed by atoms with Crippen LogP contribution in [-0.4, -0.2) is 32.6 Å². The second-order valence-corrected chi connectivity index (χ2v) is 4.93. The van der Waals surface area contributed by atoms with E-state index in [0.717, 1.165) is 6.42 Å². The average molecular weight is 294 g/mol. The van der Waals surface area contributed by atoms with Gasteiger partial charge in [0.2, 0.25) is 5.95 Å². The van der Waals surface area contributed by atoms with Crippen molar-refractivity contribution in [3.63, 3.8) is 0 Å². The van der Waals surface area contributed by atoms with Crippen LogP contribution < -0.4 is 5.73 Å². The van der Waals surface area contributed by atoms with E-state index in [0.29, 0.717) is 24.2 Å². The summed E-state index contributed by atoms with van der Waals surface area (Å²) in [5, 5.41) is 0.245. The van der Waals surface area contributed by atoms with Gasteiger partial charge in [-0.15, -0.1) is 0 Å². The normalized spacial score (nSPS) is 21.4. The third-order valence-electron chi connectivity index (χ3n) is 3.28. The minimum absolute atomic E-state index is 0.0885. The molecule has 2 atom stereocenters. The molecule has 1 aliphatic carbocycles. The highest BCUT2D eigenvalue weighted by Gasteiger charge is 2.23. The van der Waals surface area contributed by atoms with Crippen LogP contribution in [0.5, 0.6) is 0 Å². The summed E-state index contributed by atoms with van der Waals surface area (Å²) in [6.45, 7) is 0.836. The lowest BCUT2D eigenvalue weighted by Crippen LogP contribution is -2.10. The van der Waals surface area contributed by atoms with E-state index in [2.05, 4.69) is 15.0 Å². The quantitative estimate of drug-likeness (QED) is 0.519. The second-order valence-electron chi connectivity index (χ2n) is 4.57. The summed E-state index contributed by atoms with van der Waals surface area (Å²) in [6.07, 6.45) is 6.53. The Morgan fingerprint density at radius 1 is 1.50 bits per heavy atom. The highest BCUT2D eigenvalue weighted by Crippen LogP contribution is 2.31. The van der Waals surface area contributed by atoms with Crippen molar-refractivity contribution in [1.29, 1.82) is 0 Å². The molecular formula is C12H12ClN5O2. The van der Waals surface area contributed by atoms with Gasteiger partial charge in [-0.05, 0) is 6.42 Å². The summed E-state index contributed by atoms with van der Waals surface area (Å²) in [5.74, 6) is 0.310. The molecule has 0 aromatic carbocycles. The number of ether oxygens (including phenoxy) is 1. The minimum Gasteiger partial charge on any atom is -0.467 e. The number of aromatic nitrogens is 4. The summed E-state index contributed by atoms with van der Waals surface area (Å²) in [5.41, 5.74) is 6.75. The van der Waals surface area contributed by atoms with Crippen molar-refractivity contribution in [1.82, 2.24) is 19.5 Å². The number of nitrogens with zero attached hydrogens (tertiary/aromatic N) is 4. The maximum atomic E-state index is 10.2. The number of carbonyl (C=O) groups is 1. The molecule has 7 nitrogen and oxygen atoms in total. The molecule has 0 spiro atoms. The Labute approximate surface area is 119 Å². The molecule has 20 heavy (non-hydrogen) atoms. The first kappa shape index (κ1) is 12.9. The number of hydrogen-bond acceptors (Lipinski definition) is 6. The number of halogens is 1. The van der Waals surface area contributed by atoms with Crippen LogP contribution in [0.15, 0.2) is 18.5 Å². The lowest BCUT2D eigenvalue weighted by Gasteiger charge is -2.13. The molecule has 0 unspecified atom stereocenters. The van der Waals surface area contributed by atoms with Gasteiger partial charge in [-0.1, -0.05) is 23.8 Å². The van der Waals surface area contributed by atoms with E-state index in [1.54, 1.807) is 6.33 Å². The SMILES string of the molecule is Nc1nc(Cl)c2ncn([C@H]3C=C[C@@H](COC=O)C3)c2n1. The monoisotopic (exact) mass is 293 g/mol. The number of hydrogen-bond donors (Lipinski definition) is 1. The molecule has 104 valence electrons. The zero-order valence-corrected chi connectivity index (χ0v) is 11.2.